The normalized spacial score (nSPS) is 11.4. The monoisotopic (exact) mass is 491 g/mol. The first-order valence-corrected chi connectivity index (χ1v) is 11.7. The molecule has 0 saturated carbocycles. The van der Waals surface area contributed by atoms with Crippen LogP contribution >= 0.6 is 23.4 Å². The van der Waals surface area contributed by atoms with Gasteiger partial charge in [-0.2, -0.15) is 13.7 Å². The van der Waals surface area contributed by atoms with Gasteiger partial charge in [0.2, 0.25) is 0 Å². The number of hydrogen-bond acceptors (Lipinski definition) is 6. The molecule has 0 aliphatic carbocycles. The van der Waals surface area contributed by atoms with E-state index in [1.54, 1.807) is 31.0 Å². The molecule has 166 valence electrons. The molecule has 12 heteroatoms. The number of rotatable bonds is 7. The van der Waals surface area contributed by atoms with Gasteiger partial charge in [0, 0.05) is 41.8 Å². The fourth-order valence-electron chi connectivity index (χ4n) is 2.46. The number of anilines is 1. The first-order chi connectivity index (χ1) is 15.0. The number of benzene rings is 1. The summed E-state index contributed by atoms with van der Waals surface area (Å²) in [6.45, 7) is 1.59. The first kappa shape index (κ1) is 25.1. The van der Waals surface area contributed by atoms with E-state index in [2.05, 4.69) is 4.40 Å². The van der Waals surface area contributed by atoms with Crippen molar-refractivity contribution < 1.29 is 22.9 Å². The number of hydrogen-bond donors (Lipinski definition) is 1. The molecule has 1 aromatic heterocycles. The average Bonchev–Trinajstić information content (AvgIpc) is 2.74. The van der Waals surface area contributed by atoms with Crippen molar-refractivity contribution in [1.29, 1.82) is 5.26 Å². The third-order valence-electron chi connectivity index (χ3n) is 4.08. The third-order valence-corrected chi connectivity index (χ3v) is 6.96. The number of aromatic nitrogens is 1. The maximum atomic E-state index is 13.2. The van der Waals surface area contributed by atoms with E-state index in [-0.39, 0.29) is 20.6 Å². The van der Waals surface area contributed by atoms with Crippen LogP contribution in [0, 0.1) is 18.3 Å². The second-order valence-electron chi connectivity index (χ2n) is 6.58. The maximum absolute atomic E-state index is 13.2. The lowest BCUT2D eigenvalue weighted by Gasteiger charge is -2.11. The molecule has 1 heterocycles. The molecule has 9 nitrogen and oxygen atoms in total. The second-order valence-corrected chi connectivity index (χ2v) is 9.57. The molecular weight excluding hydrogens is 474 g/mol. The van der Waals surface area contributed by atoms with Crippen LogP contribution in [0.5, 0.6) is 0 Å². The molecule has 2 rings (SSSR count). The number of sulfonamides is 1. The molecule has 0 aliphatic heterocycles. The smallest absolute Gasteiger partial charge is 0.371 e. The summed E-state index contributed by atoms with van der Waals surface area (Å²) in [6.07, 6.45) is 2.96. The van der Waals surface area contributed by atoms with Crippen molar-refractivity contribution in [2.75, 3.05) is 24.7 Å². The predicted molar refractivity (Wildman–Crippen MR) is 123 cm³/mol. The maximum Gasteiger partial charge on any atom is 0.371 e. The van der Waals surface area contributed by atoms with Gasteiger partial charge < -0.3 is 15.4 Å². The number of carboxylic acid groups (broad SMARTS) is 1. The Morgan fingerprint density at radius 1 is 1.34 bits per heavy atom. The number of nitrogens with zero attached hydrogens (tertiary/aromatic N) is 5. The van der Waals surface area contributed by atoms with Crippen LogP contribution in [-0.2, 0) is 14.8 Å². The highest BCUT2D eigenvalue weighted by Crippen LogP contribution is 2.33. The van der Waals surface area contributed by atoms with Gasteiger partial charge in [-0.3, -0.25) is 4.79 Å². The largest absolute Gasteiger partial charge is 0.762 e. The Morgan fingerprint density at radius 3 is 2.47 bits per heavy atom. The molecule has 2 aromatic rings. The summed E-state index contributed by atoms with van der Waals surface area (Å²) < 4.78 is 31.4. The Morgan fingerprint density at radius 2 is 1.97 bits per heavy atom. The molecular formula is C20H18ClN5O4S2. The Balaban J connectivity index is 2.71. The van der Waals surface area contributed by atoms with Crippen molar-refractivity contribution in [2.24, 2.45) is 4.40 Å². The lowest BCUT2D eigenvalue weighted by Crippen LogP contribution is -2.44. The molecule has 0 fully saturated rings. The van der Waals surface area contributed by atoms with Gasteiger partial charge in [0.15, 0.2) is 5.57 Å². The molecule has 0 aliphatic rings. The van der Waals surface area contributed by atoms with Gasteiger partial charge in [-0.15, -0.1) is 11.8 Å². The summed E-state index contributed by atoms with van der Waals surface area (Å²) in [5.41, 5.74) is 0.732. The van der Waals surface area contributed by atoms with Crippen molar-refractivity contribution in [3.63, 3.8) is 0 Å². The molecule has 0 unspecified atom stereocenters. The van der Waals surface area contributed by atoms with E-state index in [9.17, 15) is 23.9 Å². The molecule has 1 aromatic carbocycles. The van der Waals surface area contributed by atoms with Crippen molar-refractivity contribution in [3.05, 3.63) is 58.2 Å². The van der Waals surface area contributed by atoms with E-state index < -0.39 is 27.3 Å². The van der Waals surface area contributed by atoms with E-state index in [1.807, 2.05) is 19.0 Å². The SMILES string of the molecule is Cc1cc(S(=O)(=O)N=C(C(=C=[N-])C#N)[n+]2ccc(N(C)C)cc2)c(SCC(=O)O)cc1Cl. The predicted octanol–water partition coefficient (Wildman–Crippen LogP) is 2.50. The number of aryl methyl sites for hydroxylation is 1. The molecule has 0 amide bonds. The number of allylic oxidation sites excluding steroid dienone is 1. The van der Waals surface area contributed by atoms with Crippen LogP contribution in [0.2, 0.25) is 5.02 Å². The summed E-state index contributed by atoms with van der Waals surface area (Å²) >= 11 is 6.87. The van der Waals surface area contributed by atoms with Crippen LogP contribution in [0.4, 0.5) is 5.69 Å². The number of halogens is 1. The standard InChI is InChI=1S/C20H18ClN5O4S2/c1-13-8-18(17(9-16(13)21)31-12-19(27)28)32(29,30)24-20(14(10-22)11-23)26-6-4-15(5-7-26)25(2)3/h4-9H,12H2,1-3H3,(H,27,28). The van der Waals surface area contributed by atoms with Crippen molar-refractivity contribution in [3.8, 4) is 6.07 Å². The summed E-state index contributed by atoms with van der Waals surface area (Å²) in [5.74, 6) is -0.259. The average molecular weight is 492 g/mol. The zero-order chi connectivity index (χ0) is 24.1. The molecule has 0 spiro atoms. The zero-order valence-electron chi connectivity index (χ0n) is 17.3. The Labute approximate surface area is 194 Å². The van der Waals surface area contributed by atoms with Crippen LogP contribution in [-0.4, -0.2) is 51.0 Å². The highest BCUT2D eigenvalue weighted by Gasteiger charge is 2.30. The minimum Gasteiger partial charge on any atom is -0.762 e. The van der Waals surface area contributed by atoms with Crippen LogP contribution in [0.3, 0.4) is 0 Å². The topological polar surface area (TPSA) is 137 Å². The van der Waals surface area contributed by atoms with Crippen LogP contribution in [0.15, 0.2) is 56.4 Å². The van der Waals surface area contributed by atoms with Gasteiger partial charge >= 0.3 is 21.8 Å². The number of aliphatic carboxylic acids is 1. The van der Waals surface area contributed by atoms with Gasteiger partial charge in [0.25, 0.3) is 0 Å². The van der Waals surface area contributed by atoms with Crippen LogP contribution in [0.1, 0.15) is 5.56 Å². The molecule has 1 N–H and O–H groups in total. The van der Waals surface area contributed by atoms with E-state index in [4.69, 9.17) is 16.7 Å². The highest BCUT2D eigenvalue weighted by atomic mass is 35.5. The lowest BCUT2D eigenvalue weighted by molar-refractivity contribution is -0.554. The highest BCUT2D eigenvalue weighted by molar-refractivity contribution is 8.00. The van der Waals surface area contributed by atoms with Crippen molar-refractivity contribution >= 4 is 56.7 Å². The molecule has 0 saturated heterocycles. The number of pyridine rings is 1. The molecule has 0 atom stereocenters. The van der Waals surface area contributed by atoms with E-state index in [0.29, 0.717) is 5.56 Å². The van der Waals surface area contributed by atoms with Crippen molar-refractivity contribution in [2.45, 2.75) is 16.7 Å². The van der Waals surface area contributed by atoms with E-state index >= 15 is 0 Å². The van der Waals surface area contributed by atoms with Gasteiger partial charge in [-0.05, 0) is 24.6 Å². The molecule has 0 radical (unpaired) electrons. The second kappa shape index (κ2) is 10.4. The number of carbonyl (C=O) groups is 1. The molecule has 32 heavy (non-hydrogen) atoms. The Bertz CT molecular complexity index is 1280. The van der Waals surface area contributed by atoms with Crippen LogP contribution < -0.4 is 9.47 Å². The van der Waals surface area contributed by atoms with Crippen LogP contribution in [0.25, 0.3) is 5.41 Å². The summed E-state index contributed by atoms with van der Waals surface area (Å²) in [7, 11) is -0.816. The lowest BCUT2D eigenvalue weighted by atomic mass is 10.2. The fourth-order valence-corrected chi connectivity index (χ4v) is 5.01. The van der Waals surface area contributed by atoms with E-state index in [1.165, 1.54) is 29.1 Å². The Hall–Kier alpha value is -3.16. The fraction of sp³-hybridized carbons (Fsp3) is 0.200. The summed E-state index contributed by atoms with van der Waals surface area (Å²) in [4.78, 5) is 12.6. The first-order valence-electron chi connectivity index (χ1n) is 8.86. The van der Waals surface area contributed by atoms with Gasteiger partial charge in [0.05, 0.1) is 22.5 Å². The minimum atomic E-state index is -4.46. The third kappa shape index (κ3) is 5.96. The quantitative estimate of drug-likeness (QED) is 0.206. The summed E-state index contributed by atoms with van der Waals surface area (Å²) in [6, 6.07) is 7.62. The molecule has 0 bridgehead atoms. The number of thioether (sulfide) groups is 1. The Kier molecular flexibility index (Phi) is 8.19. The zero-order valence-corrected chi connectivity index (χ0v) is 19.7. The van der Waals surface area contributed by atoms with E-state index in [0.717, 1.165) is 17.4 Å². The van der Waals surface area contributed by atoms with Crippen molar-refractivity contribution in [1.82, 2.24) is 0 Å². The number of nitriles is 1. The van der Waals surface area contributed by atoms with Gasteiger partial charge in [0.1, 0.15) is 11.0 Å². The summed E-state index contributed by atoms with van der Waals surface area (Å²) in [5, 5.41) is 27.9. The number of carboxylic acids is 1. The van der Waals surface area contributed by atoms with Gasteiger partial charge in [-0.1, -0.05) is 11.6 Å². The van der Waals surface area contributed by atoms with Gasteiger partial charge in [-0.25, -0.2) is 10.4 Å². The minimum absolute atomic E-state index is 0.0921.